The number of likely N-dealkylation sites (tertiary alicyclic amines) is 1. The van der Waals surface area contributed by atoms with Crippen LogP contribution in [0.15, 0.2) is 18.2 Å². The summed E-state index contributed by atoms with van der Waals surface area (Å²) < 4.78 is 0. The van der Waals surface area contributed by atoms with Crippen LogP contribution in [0.5, 0.6) is 0 Å². The van der Waals surface area contributed by atoms with Crippen molar-refractivity contribution in [3.8, 4) is 0 Å². The second-order valence-electron chi connectivity index (χ2n) is 5.17. The minimum atomic E-state index is 0.208. The summed E-state index contributed by atoms with van der Waals surface area (Å²) in [6.45, 7) is 4.08. The Hall–Kier alpha value is -0.280. The molecule has 1 aliphatic heterocycles. The Balaban J connectivity index is 2.10. The van der Waals surface area contributed by atoms with Crippen molar-refractivity contribution in [2.45, 2.75) is 44.8 Å². The minimum absolute atomic E-state index is 0.208. The van der Waals surface area contributed by atoms with Crippen molar-refractivity contribution in [1.82, 2.24) is 4.90 Å². The molecule has 0 aromatic heterocycles. The van der Waals surface area contributed by atoms with Crippen LogP contribution in [0.4, 0.5) is 0 Å². The topological polar surface area (TPSA) is 29.3 Å². The van der Waals surface area contributed by atoms with Crippen LogP contribution < -0.4 is 5.73 Å². The van der Waals surface area contributed by atoms with Crippen LogP contribution in [0.1, 0.15) is 31.7 Å². The van der Waals surface area contributed by atoms with Gasteiger partial charge in [0.1, 0.15) is 0 Å². The fourth-order valence-electron chi connectivity index (χ4n) is 2.75. The molecule has 1 saturated heterocycles. The quantitative estimate of drug-likeness (QED) is 0.918. The van der Waals surface area contributed by atoms with Gasteiger partial charge in [-0.25, -0.2) is 0 Å². The molecule has 0 aliphatic carbocycles. The van der Waals surface area contributed by atoms with Gasteiger partial charge in [-0.3, -0.25) is 4.90 Å². The summed E-state index contributed by atoms with van der Waals surface area (Å²) in [5.41, 5.74) is 7.24. The van der Waals surface area contributed by atoms with Gasteiger partial charge in [0, 0.05) is 28.7 Å². The van der Waals surface area contributed by atoms with Gasteiger partial charge < -0.3 is 5.73 Å². The molecule has 100 valence electrons. The molecule has 2 N–H and O–H groups in total. The molecular weight excluding hydrogens is 267 g/mol. The van der Waals surface area contributed by atoms with Gasteiger partial charge in [-0.1, -0.05) is 29.6 Å². The first-order chi connectivity index (χ1) is 8.56. The van der Waals surface area contributed by atoms with E-state index >= 15 is 0 Å². The molecule has 1 aromatic carbocycles. The molecule has 2 unspecified atom stereocenters. The van der Waals surface area contributed by atoms with Gasteiger partial charge in [-0.15, -0.1) is 0 Å². The highest BCUT2D eigenvalue weighted by Gasteiger charge is 2.25. The number of benzene rings is 1. The number of hydrogen-bond acceptors (Lipinski definition) is 2. The molecule has 2 atom stereocenters. The Morgan fingerprint density at radius 1 is 1.28 bits per heavy atom. The summed E-state index contributed by atoms with van der Waals surface area (Å²) in [6, 6.07) is 6.42. The van der Waals surface area contributed by atoms with Gasteiger partial charge in [-0.2, -0.15) is 0 Å². The van der Waals surface area contributed by atoms with E-state index in [2.05, 4.69) is 11.8 Å². The van der Waals surface area contributed by atoms with Crippen LogP contribution in [0, 0.1) is 0 Å². The second-order valence-corrected chi connectivity index (χ2v) is 6.04. The monoisotopic (exact) mass is 286 g/mol. The average Bonchev–Trinajstić information content (AvgIpc) is 2.27. The first-order valence-corrected chi connectivity index (χ1v) is 7.26. The van der Waals surface area contributed by atoms with E-state index in [1.807, 2.05) is 12.1 Å². The number of halogens is 2. The number of nitrogens with two attached hydrogens (primary N) is 1. The first kappa shape index (κ1) is 14.1. The Morgan fingerprint density at radius 2 is 1.94 bits per heavy atom. The summed E-state index contributed by atoms with van der Waals surface area (Å²) in [6.07, 6.45) is 3.71. The van der Waals surface area contributed by atoms with Crippen molar-refractivity contribution >= 4 is 23.2 Å². The number of rotatable bonds is 3. The molecule has 2 nitrogen and oxygen atoms in total. The van der Waals surface area contributed by atoms with E-state index in [-0.39, 0.29) is 6.04 Å². The van der Waals surface area contributed by atoms with E-state index in [1.54, 1.807) is 6.07 Å². The van der Waals surface area contributed by atoms with Crippen LogP contribution in [-0.2, 0) is 6.54 Å². The molecular formula is C14H20Cl2N2. The standard InChI is InChI=1S/C14H20Cl2N2/c1-10(17)14-4-2-3-5-18(14)9-11-6-12(15)8-13(16)7-11/h6-8,10,14H,2-5,9,17H2,1H3. The van der Waals surface area contributed by atoms with Crippen molar-refractivity contribution in [2.75, 3.05) is 6.54 Å². The highest BCUT2D eigenvalue weighted by molar-refractivity contribution is 6.34. The van der Waals surface area contributed by atoms with E-state index in [0.29, 0.717) is 16.1 Å². The van der Waals surface area contributed by atoms with Crippen LogP contribution in [-0.4, -0.2) is 23.5 Å². The number of nitrogens with zero attached hydrogens (tertiary/aromatic N) is 1. The first-order valence-electron chi connectivity index (χ1n) is 6.51. The highest BCUT2D eigenvalue weighted by atomic mass is 35.5. The van der Waals surface area contributed by atoms with Crippen molar-refractivity contribution in [3.05, 3.63) is 33.8 Å². The third-order valence-electron chi connectivity index (χ3n) is 3.58. The van der Waals surface area contributed by atoms with Gasteiger partial charge in [0.25, 0.3) is 0 Å². The van der Waals surface area contributed by atoms with Crippen LogP contribution in [0.3, 0.4) is 0 Å². The zero-order valence-electron chi connectivity index (χ0n) is 10.7. The van der Waals surface area contributed by atoms with E-state index < -0.39 is 0 Å². The molecule has 1 fully saturated rings. The molecule has 1 heterocycles. The van der Waals surface area contributed by atoms with E-state index in [1.165, 1.54) is 24.8 Å². The maximum atomic E-state index is 6.08. The largest absolute Gasteiger partial charge is 0.327 e. The maximum absolute atomic E-state index is 6.08. The van der Waals surface area contributed by atoms with Crippen LogP contribution in [0.25, 0.3) is 0 Å². The SMILES string of the molecule is CC(N)C1CCCCN1Cc1cc(Cl)cc(Cl)c1. The molecule has 0 bridgehead atoms. The number of hydrogen-bond donors (Lipinski definition) is 1. The Bertz CT molecular complexity index is 387. The molecule has 0 spiro atoms. The molecule has 2 rings (SSSR count). The van der Waals surface area contributed by atoms with Gasteiger partial charge in [0.05, 0.1) is 0 Å². The molecule has 1 aliphatic rings. The van der Waals surface area contributed by atoms with E-state index in [9.17, 15) is 0 Å². The summed E-state index contributed by atoms with van der Waals surface area (Å²) >= 11 is 12.1. The lowest BCUT2D eigenvalue weighted by Crippen LogP contribution is -2.48. The predicted molar refractivity (Wildman–Crippen MR) is 78.2 cm³/mol. The van der Waals surface area contributed by atoms with Gasteiger partial charge >= 0.3 is 0 Å². The maximum Gasteiger partial charge on any atom is 0.0424 e. The second kappa shape index (κ2) is 6.25. The van der Waals surface area contributed by atoms with Gasteiger partial charge in [0.15, 0.2) is 0 Å². The van der Waals surface area contributed by atoms with Gasteiger partial charge in [0.2, 0.25) is 0 Å². The lowest BCUT2D eigenvalue weighted by Gasteiger charge is -2.38. The average molecular weight is 287 g/mol. The normalized spacial score (nSPS) is 23.0. The third kappa shape index (κ3) is 3.61. The van der Waals surface area contributed by atoms with E-state index in [4.69, 9.17) is 28.9 Å². The molecule has 0 radical (unpaired) electrons. The third-order valence-corrected chi connectivity index (χ3v) is 4.02. The zero-order chi connectivity index (χ0) is 13.1. The molecule has 4 heteroatoms. The molecule has 18 heavy (non-hydrogen) atoms. The highest BCUT2D eigenvalue weighted by Crippen LogP contribution is 2.24. The van der Waals surface area contributed by atoms with E-state index in [0.717, 1.165) is 13.1 Å². The molecule has 1 aromatic rings. The Morgan fingerprint density at radius 3 is 2.56 bits per heavy atom. The Kier molecular flexibility index (Phi) is 4.91. The fraction of sp³-hybridized carbons (Fsp3) is 0.571. The molecule has 0 saturated carbocycles. The lowest BCUT2D eigenvalue weighted by atomic mass is 9.96. The summed E-state index contributed by atoms with van der Waals surface area (Å²) in [7, 11) is 0. The predicted octanol–water partition coefficient (Wildman–Crippen LogP) is 3.70. The van der Waals surface area contributed by atoms with Crippen molar-refractivity contribution in [3.63, 3.8) is 0 Å². The summed E-state index contributed by atoms with van der Waals surface area (Å²) in [4.78, 5) is 2.45. The van der Waals surface area contributed by atoms with Crippen molar-refractivity contribution < 1.29 is 0 Å². The smallest absolute Gasteiger partial charge is 0.0424 e. The minimum Gasteiger partial charge on any atom is -0.327 e. The van der Waals surface area contributed by atoms with Crippen molar-refractivity contribution in [1.29, 1.82) is 0 Å². The van der Waals surface area contributed by atoms with Crippen LogP contribution >= 0.6 is 23.2 Å². The van der Waals surface area contributed by atoms with Crippen molar-refractivity contribution in [2.24, 2.45) is 5.73 Å². The Labute approximate surface area is 119 Å². The summed E-state index contributed by atoms with van der Waals surface area (Å²) in [5, 5.41) is 1.40. The zero-order valence-corrected chi connectivity index (χ0v) is 12.2. The molecule has 0 amide bonds. The lowest BCUT2D eigenvalue weighted by molar-refractivity contribution is 0.123. The fourth-order valence-corrected chi connectivity index (χ4v) is 3.32. The number of piperidine rings is 1. The summed E-state index contributed by atoms with van der Waals surface area (Å²) in [5.74, 6) is 0. The van der Waals surface area contributed by atoms with Crippen LogP contribution in [0.2, 0.25) is 10.0 Å². The van der Waals surface area contributed by atoms with Gasteiger partial charge in [-0.05, 0) is 50.1 Å².